The van der Waals surface area contributed by atoms with Crippen molar-refractivity contribution in [1.29, 1.82) is 0 Å². The lowest BCUT2D eigenvalue weighted by Gasteiger charge is -2.35. The first-order valence-corrected chi connectivity index (χ1v) is 10.5. The van der Waals surface area contributed by atoms with Crippen LogP contribution in [0.2, 0.25) is 0 Å². The summed E-state index contributed by atoms with van der Waals surface area (Å²) in [4.78, 5) is 15.8. The van der Waals surface area contributed by atoms with Crippen LogP contribution in [0.25, 0.3) is 21.5 Å². The van der Waals surface area contributed by atoms with Gasteiger partial charge in [0.25, 0.3) is 0 Å². The maximum Gasteiger partial charge on any atom is 0.142 e. The van der Waals surface area contributed by atoms with Gasteiger partial charge >= 0.3 is 0 Å². The molecule has 4 rings (SSSR count). The molecule has 29 heavy (non-hydrogen) atoms. The van der Waals surface area contributed by atoms with E-state index in [2.05, 4.69) is 47.1 Å². The van der Waals surface area contributed by atoms with Crippen molar-refractivity contribution in [2.24, 2.45) is 0 Å². The lowest BCUT2D eigenvalue weighted by atomic mass is 10.1. The van der Waals surface area contributed by atoms with Gasteiger partial charge in [-0.05, 0) is 24.9 Å². The Morgan fingerprint density at radius 2 is 1.79 bits per heavy atom. The SMILES string of the molecule is CCN1CCN(c2nc(-c3nc(C)c(CCO)s3)cc3ccccc23)CC1.Cl.Cl. The molecular weight excluding hydrogens is 427 g/mol. The first-order valence-electron chi connectivity index (χ1n) is 9.64. The summed E-state index contributed by atoms with van der Waals surface area (Å²) < 4.78 is 0. The first-order chi connectivity index (χ1) is 13.2. The lowest BCUT2D eigenvalue weighted by molar-refractivity contribution is 0.271. The number of hydrogen-bond acceptors (Lipinski definition) is 6. The Kier molecular flexibility index (Phi) is 8.67. The van der Waals surface area contributed by atoms with Crippen molar-refractivity contribution in [3.8, 4) is 10.7 Å². The minimum atomic E-state index is 0. The molecule has 1 aromatic carbocycles. The van der Waals surface area contributed by atoms with Gasteiger partial charge in [-0.1, -0.05) is 31.2 Å². The maximum atomic E-state index is 9.27. The normalized spacial score (nSPS) is 14.5. The molecule has 1 N–H and O–H groups in total. The van der Waals surface area contributed by atoms with E-state index < -0.39 is 0 Å². The van der Waals surface area contributed by atoms with Crippen molar-refractivity contribution >= 4 is 52.7 Å². The Bertz CT molecular complexity index is 942. The van der Waals surface area contributed by atoms with Crippen LogP contribution in [-0.2, 0) is 6.42 Å². The van der Waals surface area contributed by atoms with Crippen LogP contribution in [0.3, 0.4) is 0 Å². The van der Waals surface area contributed by atoms with Crippen LogP contribution in [0, 0.1) is 6.92 Å². The van der Waals surface area contributed by atoms with E-state index in [1.54, 1.807) is 11.3 Å². The second kappa shape index (κ2) is 10.5. The number of aliphatic hydroxyl groups is 1. The van der Waals surface area contributed by atoms with Gasteiger partial charge in [0, 0.05) is 49.5 Å². The Morgan fingerprint density at radius 3 is 2.48 bits per heavy atom. The summed E-state index contributed by atoms with van der Waals surface area (Å²) >= 11 is 1.64. The van der Waals surface area contributed by atoms with Gasteiger partial charge in [-0.3, -0.25) is 0 Å². The number of pyridine rings is 1. The second-order valence-corrected chi connectivity index (χ2v) is 8.06. The number of likely N-dealkylation sites (N-methyl/N-ethyl adjacent to an activating group) is 1. The number of hydrogen-bond donors (Lipinski definition) is 1. The van der Waals surface area contributed by atoms with Crippen molar-refractivity contribution in [3.05, 3.63) is 40.9 Å². The zero-order valence-corrected chi connectivity index (χ0v) is 19.2. The molecule has 1 aliphatic rings. The first kappa shape index (κ1) is 23.8. The molecule has 2 aromatic heterocycles. The summed E-state index contributed by atoms with van der Waals surface area (Å²) in [5.41, 5.74) is 1.93. The van der Waals surface area contributed by atoms with Crippen molar-refractivity contribution in [1.82, 2.24) is 14.9 Å². The molecule has 0 bridgehead atoms. The highest BCUT2D eigenvalue weighted by Gasteiger charge is 2.20. The number of benzene rings is 1. The third kappa shape index (κ3) is 5.01. The number of thiazole rings is 1. The topological polar surface area (TPSA) is 52.5 Å². The Morgan fingerprint density at radius 1 is 1.07 bits per heavy atom. The molecule has 1 fully saturated rings. The van der Waals surface area contributed by atoms with Crippen LogP contribution in [0.1, 0.15) is 17.5 Å². The molecule has 5 nitrogen and oxygen atoms in total. The van der Waals surface area contributed by atoms with E-state index in [1.807, 2.05) is 6.92 Å². The number of anilines is 1. The van der Waals surface area contributed by atoms with E-state index in [9.17, 15) is 5.11 Å². The molecule has 0 spiro atoms. The monoisotopic (exact) mass is 454 g/mol. The largest absolute Gasteiger partial charge is 0.396 e. The summed E-state index contributed by atoms with van der Waals surface area (Å²) in [5, 5.41) is 12.6. The van der Waals surface area contributed by atoms with Gasteiger partial charge in [0.15, 0.2) is 0 Å². The second-order valence-electron chi connectivity index (χ2n) is 6.97. The third-order valence-corrected chi connectivity index (χ3v) is 6.53. The van der Waals surface area contributed by atoms with Gasteiger partial charge in [0.1, 0.15) is 16.5 Å². The summed E-state index contributed by atoms with van der Waals surface area (Å²) in [6.07, 6.45) is 0.656. The zero-order valence-electron chi connectivity index (χ0n) is 16.8. The van der Waals surface area contributed by atoms with Crippen LogP contribution in [0.15, 0.2) is 30.3 Å². The average Bonchev–Trinajstić information content (AvgIpc) is 3.08. The van der Waals surface area contributed by atoms with Crippen molar-refractivity contribution in [3.63, 3.8) is 0 Å². The fourth-order valence-corrected chi connectivity index (χ4v) is 4.69. The van der Waals surface area contributed by atoms with E-state index in [4.69, 9.17) is 9.97 Å². The van der Waals surface area contributed by atoms with Gasteiger partial charge in [0.2, 0.25) is 0 Å². The molecule has 0 amide bonds. The molecule has 8 heteroatoms. The standard InChI is InChI=1S/C21H26N4OS.2ClH/c1-3-24-9-11-25(12-10-24)20-17-7-5-4-6-16(17)14-18(23-20)21-22-15(2)19(27-21)8-13-26;;/h4-7,14,26H,3,8-13H2,1-2H3;2*1H. The maximum absolute atomic E-state index is 9.27. The molecular formula is C21H28Cl2N4OS. The quantitative estimate of drug-likeness (QED) is 0.626. The number of aromatic nitrogens is 2. The highest BCUT2D eigenvalue weighted by molar-refractivity contribution is 7.15. The number of nitrogens with zero attached hydrogens (tertiary/aromatic N) is 4. The molecule has 0 aliphatic carbocycles. The molecule has 0 radical (unpaired) electrons. The number of aryl methyl sites for hydroxylation is 1. The summed E-state index contributed by atoms with van der Waals surface area (Å²) in [7, 11) is 0. The molecule has 1 aliphatic heterocycles. The molecule has 3 heterocycles. The Hall–Kier alpha value is -1.44. The number of fused-ring (bicyclic) bond motifs is 1. The van der Waals surface area contributed by atoms with Crippen LogP contribution < -0.4 is 4.90 Å². The van der Waals surface area contributed by atoms with Crippen LogP contribution in [0.5, 0.6) is 0 Å². The van der Waals surface area contributed by atoms with E-state index in [1.165, 1.54) is 10.8 Å². The van der Waals surface area contributed by atoms with E-state index in [-0.39, 0.29) is 31.4 Å². The third-order valence-electron chi connectivity index (χ3n) is 5.29. The Balaban J connectivity index is 0.00000150. The fraction of sp³-hybridized carbons (Fsp3) is 0.429. The van der Waals surface area contributed by atoms with Crippen molar-refractivity contribution < 1.29 is 5.11 Å². The molecule has 158 valence electrons. The number of piperazine rings is 1. The van der Waals surface area contributed by atoms with Crippen molar-refractivity contribution in [2.45, 2.75) is 20.3 Å². The van der Waals surface area contributed by atoms with Crippen molar-refractivity contribution in [2.75, 3.05) is 44.2 Å². The molecule has 3 aromatic rings. The predicted molar refractivity (Wildman–Crippen MR) is 127 cm³/mol. The molecule has 0 saturated carbocycles. The summed E-state index contributed by atoms with van der Waals surface area (Å²) in [6.45, 7) is 9.65. The van der Waals surface area contributed by atoms with E-state index in [0.29, 0.717) is 6.42 Å². The fourth-order valence-electron chi connectivity index (χ4n) is 3.68. The summed E-state index contributed by atoms with van der Waals surface area (Å²) in [5.74, 6) is 1.07. The van der Waals surface area contributed by atoms with Crippen LogP contribution in [-0.4, -0.2) is 59.3 Å². The predicted octanol–water partition coefficient (Wildman–Crippen LogP) is 4.19. The molecule has 1 saturated heterocycles. The van der Waals surface area contributed by atoms with Gasteiger partial charge in [0.05, 0.1) is 5.69 Å². The highest BCUT2D eigenvalue weighted by atomic mass is 35.5. The van der Waals surface area contributed by atoms with E-state index >= 15 is 0 Å². The van der Waals surface area contributed by atoms with E-state index in [0.717, 1.165) is 59.8 Å². The van der Waals surface area contributed by atoms with Crippen LogP contribution >= 0.6 is 36.2 Å². The minimum Gasteiger partial charge on any atom is -0.396 e. The minimum absolute atomic E-state index is 0. The number of rotatable bonds is 5. The van der Waals surface area contributed by atoms with Gasteiger partial charge in [-0.25, -0.2) is 9.97 Å². The average molecular weight is 455 g/mol. The van der Waals surface area contributed by atoms with Gasteiger partial charge in [-0.15, -0.1) is 36.2 Å². The van der Waals surface area contributed by atoms with Gasteiger partial charge < -0.3 is 14.9 Å². The highest BCUT2D eigenvalue weighted by Crippen LogP contribution is 2.33. The summed E-state index contributed by atoms with van der Waals surface area (Å²) in [6, 6.07) is 10.6. The molecule has 0 unspecified atom stereocenters. The molecule has 0 atom stereocenters. The van der Waals surface area contributed by atoms with Crippen LogP contribution in [0.4, 0.5) is 5.82 Å². The number of halogens is 2. The smallest absolute Gasteiger partial charge is 0.142 e. The van der Waals surface area contributed by atoms with Gasteiger partial charge in [-0.2, -0.15) is 0 Å². The lowest BCUT2D eigenvalue weighted by Crippen LogP contribution is -2.46. The number of aliphatic hydroxyl groups excluding tert-OH is 1. The zero-order chi connectivity index (χ0) is 18.8. The Labute approximate surface area is 188 Å².